The molecule has 2 aromatic rings. The van der Waals surface area contributed by atoms with Crippen molar-refractivity contribution in [2.45, 2.75) is 4.21 Å². The van der Waals surface area contributed by atoms with Crippen LogP contribution in [0.1, 0.15) is 10.4 Å². The van der Waals surface area contributed by atoms with Crippen molar-refractivity contribution in [3.8, 4) is 0 Å². The van der Waals surface area contributed by atoms with Crippen LogP contribution in [0.4, 0.5) is 0 Å². The van der Waals surface area contributed by atoms with Gasteiger partial charge >= 0.3 is 0 Å². The number of aromatic nitrogens is 1. The topological polar surface area (TPSA) is 70.6 Å². The van der Waals surface area contributed by atoms with Gasteiger partial charge in [-0.3, -0.25) is 9.78 Å². The van der Waals surface area contributed by atoms with Gasteiger partial charge in [-0.1, -0.05) is 11.6 Å². The first-order valence-corrected chi connectivity index (χ1v) is 10.5. The first kappa shape index (κ1) is 17.8. The number of nitrogens with zero attached hydrogens (tertiary/aromatic N) is 3. The van der Waals surface area contributed by atoms with Crippen molar-refractivity contribution in [3.05, 3.63) is 45.0 Å². The maximum absolute atomic E-state index is 12.5. The molecule has 3 heterocycles. The Morgan fingerprint density at radius 3 is 2.50 bits per heavy atom. The molecule has 0 aromatic carbocycles. The van der Waals surface area contributed by atoms with Gasteiger partial charge in [0.2, 0.25) is 0 Å². The number of rotatable bonds is 3. The number of amides is 1. The van der Waals surface area contributed by atoms with E-state index < -0.39 is 10.0 Å². The molecule has 128 valence electrons. The molecule has 0 saturated carbocycles. The molecule has 0 atom stereocenters. The van der Waals surface area contributed by atoms with Crippen LogP contribution in [0.2, 0.25) is 4.34 Å². The van der Waals surface area contributed by atoms with Gasteiger partial charge in [-0.15, -0.1) is 11.3 Å². The fraction of sp³-hybridized carbons (Fsp3) is 0.286. The molecule has 1 amide bonds. The van der Waals surface area contributed by atoms with Crippen LogP contribution in [0.25, 0.3) is 0 Å². The summed E-state index contributed by atoms with van der Waals surface area (Å²) in [7, 11) is -3.55. The molecule has 1 fully saturated rings. The molecule has 2 aromatic heterocycles. The van der Waals surface area contributed by atoms with Crippen molar-refractivity contribution in [3.63, 3.8) is 0 Å². The van der Waals surface area contributed by atoms with Crippen molar-refractivity contribution in [2.24, 2.45) is 0 Å². The summed E-state index contributed by atoms with van der Waals surface area (Å²) in [6.45, 7) is 1.18. The fourth-order valence-corrected chi connectivity index (χ4v) is 5.83. The molecule has 10 heteroatoms. The van der Waals surface area contributed by atoms with Crippen LogP contribution in [-0.4, -0.2) is 54.7 Å². The Morgan fingerprint density at radius 2 is 1.92 bits per heavy atom. The Bertz CT molecular complexity index is 864. The molecule has 6 nitrogen and oxygen atoms in total. The second-order valence-corrected chi connectivity index (χ2v) is 9.94. The van der Waals surface area contributed by atoms with Crippen molar-refractivity contribution in [2.75, 3.05) is 26.2 Å². The maximum Gasteiger partial charge on any atom is 0.255 e. The highest BCUT2D eigenvalue weighted by Crippen LogP contribution is 2.28. The standard InChI is InChI=1S/C14H13BrClN3O3S2/c15-11-7-10(8-17-9-11)14(20)18-3-5-19(6-4-18)24(21,22)13-2-1-12(16)23-13/h1-2,7-9H,3-6H2. The highest BCUT2D eigenvalue weighted by Gasteiger charge is 2.31. The van der Waals surface area contributed by atoms with Gasteiger partial charge in [-0.2, -0.15) is 4.31 Å². The van der Waals surface area contributed by atoms with E-state index in [9.17, 15) is 13.2 Å². The SMILES string of the molecule is O=C(c1cncc(Br)c1)N1CCN(S(=O)(=O)c2ccc(Cl)s2)CC1. The molecule has 0 aliphatic carbocycles. The van der Waals surface area contributed by atoms with E-state index >= 15 is 0 Å². The number of hydrogen-bond donors (Lipinski definition) is 0. The summed E-state index contributed by atoms with van der Waals surface area (Å²) in [5, 5.41) is 0. The van der Waals surface area contributed by atoms with Gasteiger partial charge in [-0.05, 0) is 34.1 Å². The quantitative estimate of drug-likeness (QED) is 0.721. The normalized spacial score (nSPS) is 16.3. The van der Waals surface area contributed by atoms with Gasteiger partial charge < -0.3 is 4.90 Å². The predicted molar refractivity (Wildman–Crippen MR) is 95.9 cm³/mol. The van der Waals surface area contributed by atoms with E-state index in [2.05, 4.69) is 20.9 Å². The summed E-state index contributed by atoms with van der Waals surface area (Å²) in [6.07, 6.45) is 3.11. The number of carbonyl (C=O) groups is 1. The minimum atomic E-state index is -3.55. The number of sulfonamides is 1. The lowest BCUT2D eigenvalue weighted by Crippen LogP contribution is -2.50. The Morgan fingerprint density at radius 1 is 1.21 bits per heavy atom. The van der Waals surface area contributed by atoms with E-state index in [1.165, 1.54) is 16.6 Å². The molecular formula is C14H13BrClN3O3S2. The Balaban J connectivity index is 1.68. The second kappa shape index (κ2) is 7.09. The molecule has 3 rings (SSSR count). The van der Waals surface area contributed by atoms with Gasteiger partial charge in [0, 0.05) is 43.0 Å². The van der Waals surface area contributed by atoms with Crippen LogP contribution < -0.4 is 0 Å². The molecule has 1 saturated heterocycles. The van der Waals surface area contributed by atoms with Gasteiger partial charge in [0.05, 0.1) is 9.90 Å². The monoisotopic (exact) mass is 449 g/mol. The molecule has 0 bridgehead atoms. The van der Waals surface area contributed by atoms with Crippen LogP contribution in [0.3, 0.4) is 0 Å². The molecule has 0 spiro atoms. The first-order chi connectivity index (χ1) is 11.4. The summed E-state index contributed by atoms with van der Waals surface area (Å²) in [5.74, 6) is -0.153. The number of hydrogen-bond acceptors (Lipinski definition) is 5. The highest BCUT2D eigenvalue weighted by molar-refractivity contribution is 9.10. The zero-order valence-corrected chi connectivity index (χ0v) is 16.3. The molecule has 24 heavy (non-hydrogen) atoms. The van der Waals surface area contributed by atoms with E-state index in [0.29, 0.717) is 23.0 Å². The summed E-state index contributed by atoms with van der Waals surface area (Å²) < 4.78 is 27.9. The zero-order valence-electron chi connectivity index (χ0n) is 12.4. The average molecular weight is 451 g/mol. The molecule has 0 radical (unpaired) electrons. The summed E-state index contributed by atoms with van der Waals surface area (Å²) in [4.78, 5) is 18.1. The van der Waals surface area contributed by atoms with Crippen LogP contribution in [0.15, 0.2) is 39.3 Å². The lowest BCUT2D eigenvalue weighted by atomic mass is 10.2. The lowest BCUT2D eigenvalue weighted by Gasteiger charge is -2.33. The van der Waals surface area contributed by atoms with E-state index in [1.807, 2.05) is 0 Å². The number of halogens is 2. The van der Waals surface area contributed by atoms with Crippen molar-refractivity contribution in [1.82, 2.24) is 14.2 Å². The molecule has 1 aliphatic rings. The summed E-state index contributed by atoms with van der Waals surface area (Å²) >= 11 is 10.1. The van der Waals surface area contributed by atoms with Gasteiger partial charge in [0.1, 0.15) is 4.21 Å². The summed E-state index contributed by atoms with van der Waals surface area (Å²) in [5.41, 5.74) is 0.478. The highest BCUT2D eigenvalue weighted by atomic mass is 79.9. The Labute approximate surface area is 157 Å². The Kier molecular flexibility index (Phi) is 5.26. The van der Waals surface area contributed by atoms with Gasteiger partial charge in [0.25, 0.3) is 15.9 Å². The smallest absolute Gasteiger partial charge is 0.255 e. The third-order valence-corrected chi connectivity index (χ3v) is 7.65. The van der Waals surface area contributed by atoms with Crippen molar-refractivity contribution in [1.29, 1.82) is 0 Å². The number of pyridine rings is 1. The second-order valence-electron chi connectivity index (χ2n) is 5.15. The first-order valence-electron chi connectivity index (χ1n) is 7.03. The average Bonchev–Trinajstić information content (AvgIpc) is 3.01. The molecule has 0 unspecified atom stereocenters. The number of thiophene rings is 1. The summed E-state index contributed by atoms with van der Waals surface area (Å²) in [6, 6.07) is 4.78. The van der Waals surface area contributed by atoms with Crippen LogP contribution in [-0.2, 0) is 10.0 Å². The van der Waals surface area contributed by atoms with Crippen LogP contribution in [0.5, 0.6) is 0 Å². The van der Waals surface area contributed by atoms with E-state index in [0.717, 1.165) is 15.8 Å². The third kappa shape index (κ3) is 3.65. The number of piperazine rings is 1. The van der Waals surface area contributed by atoms with Gasteiger partial charge in [0.15, 0.2) is 0 Å². The van der Waals surface area contributed by atoms with Crippen LogP contribution >= 0.6 is 38.9 Å². The zero-order chi connectivity index (χ0) is 17.3. The lowest BCUT2D eigenvalue weighted by molar-refractivity contribution is 0.0697. The third-order valence-electron chi connectivity index (χ3n) is 3.62. The minimum Gasteiger partial charge on any atom is -0.336 e. The van der Waals surface area contributed by atoms with E-state index in [-0.39, 0.29) is 23.2 Å². The van der Waals surface area contributed by atoms with Crippen molar-refractivity contribution < 1.29 is 13.2 Å². The molecule has 0 N–H and O–H groups in total. The fourth-order valence-electron chi connectivity index (χ4n) is 2.41. The minimum absolute atomic E-state index is 0.153. The van der Waals surface area contributed by atoms with Crippen molar-refractivity contribution >= 4 is 54.8 Å². The largest absolute Gasteiger partial charge is 0.336 e. The Hall–Kier alpha value is -1.000. The number of carbonyl (C=O) groups excluding carboxylic acids is 1. The molecular weight excluding hydrogens is 438 g/mol. The van der Waals surface area contributed by atoms with Crippen LogP contribution in [0, 0.1) is 0 Å². The molecule has 1 aliphatic heterocycles. The van der Waals surface area contributed by atoms with E-state index in [1.54, 1.807) is 23.2 Å². The maximum atomic E-state index is 12.5. The predicted octanol–water partition coefficient (Wildman–Crippen LogP) is 2.71. The van der Waals surface area contributed by atoms with E-state index in [4.69, 9.17) is 11.6 Å². The van der Waals surface area contributed by atoms with Gasteiger partial charge in [-0.25, -0.2) is 8.42 Å².